The maximum absolute atomic E-state index is 6.19. The van der Waals surface area contributed by atoms with Crippen molar-refractivity contribution in [3.63, 3.8) is 0 Å². The van der Waals surface area contributed by atoms with Crippen LogP contribution in [0.15, 0.2) is 78.9 Å². The first-order valence-electron chi connectivity index (χ1n) is 11.1. The number of hydrogen-bond acceptors (Lipinski definition) is 4. The van der Waals surface area contributed by atoms with Crippen LogP contribution < -0.4 is 9.47 Å². The zero-order chi connectivity index (χ0) is 21.3. The van der Waals surface area contributed by atoms with Gasteiger partial charge >= 0.3 is 0 Å². The van der Waals surface area contributed by atoms with E-state index >= 15 is 0 Å². The molecule has 0 saturated carbocycles. The Morgan fingerprint density at radius 3 is 2.26 bits per heavy atom. The van der Waals surface area contributed by atoms with Crippen LogP contribution in [0.1, 0.15) is 16.7 Å². The van der Waals surface area contributed by atoms with Gasteiger partial charge in [0.2, 0.25) is 0 Å². The maximum atomic E-state index is 6.19. The highest BCUT2D eigenvalue weighted by Crippen LogP contribution is 2.21. The third-order valence-electron chi connectivity index (χ3n) is 5.88. The SMILES string of the molecule is COc1cccc(CN2CCN(CCOc3ccccc3Cc3ccccc3)CC2)c1. The minimum atomic E-state index is 0.724. The van der Waals surface area contributed by atoms with Gasteiger partial charge in [0.25, 0.3) is 0 Å². The van der Waals surface area contributed by atoms with E-state index in [-0.39, 0.29) is 0 Å². The molecule has 3 aromatic rings. The van der Waals surface area contributed by atoms with Crippen molar-refractivity contribution in [2.75, 3.05) is 46.4 Å². The summed E-state index contributed by atoms with van der Waals surface area (Å²) in [5.41, 5.74) is 3.87. The molecule has 162 valence electrons. The Morgan fingerprint density at radius 2 is 1.45 bits per heavy atom. The number of nitrogens with zero attached hydrogens (tertiary/aromatic N) is 2. The molecular weight excluding hydrogens is 384 g/mol. The third-order valence-corrected chi connectivity index (χ3v) is 5.88. The largest absolute Gasteiger partial charge is 0.497 e. The molecule has 0 spiro atoms. The van der Waals surface area contributed by atoms with Gasteiger partial charge in [-0.1, -0.05) is 60.7 Å². The standard InChI is InChI=1S/C27H32N2O2/c1-30-26-12-7-10-24(21-26)22-29-16-14-28(15-17-29)18-19-31-27-13-6-5-11-25(27)20-23-8-3-2-4-9-23/h2-13,21H,14-20,22H2,1H3. The molecule has 3 aromatic carbocycles. The zero-order valence-electron chi connectivity index (χ0n) is 18.4. The minimum Gasteiger partial charge on any atom is -0.497 e. The lowest BCUT2D eigenvalue weighted by atomic mass is 10.0. The average Bonchev–Trinajstić information content (AvgIpc) is 2.82. The van der Waals surface area contributed by atoms with Crippen molar-refractivity contribution < 1.29 is 9.47 Å². The molecule has 4 heteroatoms. The topological polar surface area (TPSA) is 24.9 Å². The van der Waals surface area contributed by atoms with Gasteiger partial charge in [-0.15, -0.1) is 0 Å². The van der Waals surface area contributed by atoms with Crippen LogP contribution in [-0.2, 0) is 13.0 Å². The van der Waals surface area contributed by atoms with Crippen LogP contribution in [0, 0.1) is 0 Å². The van der Waals surface area contributed by atoms with Gasteiger partial charge in [-0.25, -0.2) is 0 Å². The van der Waals surface area contributed by atoms with Crippen molar-refractivity contribution in [2.45, 2.75) is 13.0 Å². The molecular formula is C27H32N2O2. The summed E-state index contributed by atoms with van der Waals surface area (Å²) < 4.78 is 11.5. The molecule has 0 unspecified atom stereocenters. The predicted molar refractivity (Wildman–Crippen MR) is 126 cm³/mol. The molecule has 0 aliphatic carbocycles. The molecule has 1 saturated heterocycles. The number of hydrogen-bond donors (Lipinski definition) is 0. The number of methoxy groups -OCH3 is 1. The van der Waals surface area contributed by atoms with Gasteiger partial charge in [0, 0.05) is 45.7 Å². The van der Waals surface area contributed by atoms with Crippen molar-refractivity contribution in [3.05, 3.63) is 95.6 Å². The van der Waals surface area contributed by atoms with E-state index in [1.165, 1.54) is 16.7 Å². The molecule has 0 amide bonds. The second kappa shape index (κ2) is 11.0. The Bertz CT molecular complexity index is 937. The lowest BCUT2D eigenvalue weighted by Crippen LogP contribution is -2.47. The summed E-state index contributed by atoms with van der Waals surface area (Å²) in [6, 6.07) is 27.4. The van der Waals surface area contributed by atoms with Crippen molar-refractivity contribution in [1.29, 1.82) is 0 Å². The summed E-state index contributed by atoms with van der Waals surface area (Å²) in [5.74, 6) is 1.93. The van der Waals surface area contributed by atoms with Gasteiger partial charge in [0.05, 0.1) is 7.11 Å². The fraction of sp³-hybridized carbons (Fsp3) is 0.333. The molecule has 1 fully saturated rings. The summed E-state index contributed by atoms with van der Waals surface area (Å²) in [5, 5.41) is 0. The van der Waals surface area contributed by atoms with Gasteiger partial charge in [-0.2, -0.15) is 0 Å². The molecule has 1 aliphatic rings. The molecule has 0 bridgehead atoms. The summed E-state index contributed by atoms with van der Waals surface area (Å²) in [6.07, 6.45) is 0.903. The highest BCUT2D eigenvalue weighted by Gasteiger charge is 2.17. The second-order valence-corrected chi connectivity index (χ2v) is 8.09. The predicted octanol–water partition coefficient (Wildman–Crippen LogP) is 4.48. The van der Waals surface area contributed by atoms with Crippen LogP contribution in [0.3, 0.4) is 0 Å². The lowest BCUT2D eigenvalue weighted by Gasteiger charge is -2.34. The van der Waals surface area contributed by atoms with E-state index < -0.39 is 0 Å². The molecule has 1 aliphatic heterocycles. The third kappa shape index (κ3) is 6.33. The normalized spacial score (nSPS) is 15.0. The number of ether oxygens (including phenoxy) is 2. The summed E-state index contributed by atoms with van der Waals surface area (Å²) in [4.78, 5) is 5.02. The smallest absolute Gasteiger partial charge is 0.122 e. The van der Waals surface area contributed by atoms with Crippen molar-refractivity contribution in [1.82, 2.24) is 9.80 Å². The van der Waals surface area contributed by atoms with Gasteiger partial charge in [-0.3, -0.25) is 9.80 Å². The Morgan fingerprint density at radius 1 is 0.742 bits per heavy atom. The molecule has 0 aromatic heterocycles. The second-order valence-electron chi connectivity index (χ2n) is 8.09. The Hall–Kier alpha value is -2.82. The van der Waals surface area contributed by atoms with E-state index in [2.05, 4.69) is 82.6 Å². The van der Waals surface area contributed by atoms with Crippen LogP contribution in [0.4, 0.5) is 0 Å². The molecule has 4 nitrogen and oxygen atoms in total. The Labute approximate surface area is 186 Å². The Balaban J connectivity index is 1.22. The minimum absolute atomic E-state index is 0.724. The van der Waals surface area contributed by atoms with Crippen LogP contribution in [0.5, 0.6) is 11.5 Å². The maximum Gasteiger partial charge on any atom is 0.122 e. The first kappa shape index (κ1) is 21.4. The number of benzene rings is 3. The van der Waals surface area contributed by atoms with E-state index in [1.54, 1.807) is 7.11 Å². The number of piperazine rings is 1. The van der Waals surface area contributed by atoms with Crippen LogP contribution in [0.25, 0.3) is 0 Å². The van der Waals surface area contributed by atoms with Gasteiger partial charge in [0.15, 0.2) is 0 Å². The summed E-state index contributed by atoms with van der Waals surface area (Å²) in [7, 11) is 1.72. The number of rotatable bonds is 9. The van der Waals surface area contributed by atoms with Crippen LogP contribution in [-0.4, -0.2) is 56.2 Å². The molecule has 4 rings (SSSR count). The fourth-order valence-electron chi connectivity index (χ4n) is 4.09. The highest BCUT2D eigenvalue weighted by atomic mass is 16.5. The number of para-hydroxylation sites is 1. The lowest BCUT2D eigenvalue weighted by molar-refractivity contribution is 0.112. The Kier molecular flexibility index (Phi) is 7.59. The average molecular weight is 417 g/mol. The molecule has 0 radical (unpaired) electrons. The van der Waals surface area contributed by atoms with Crippen molar-refractivity contribution in [2.24, 2.45) is 0 Å². The van der Waals surface area contributed by atoms with Crippen LogP contribution >= 0.6 is 0 Å². The highest BCUT2D eigenvalue weighted by molar-refractivity contribution is 5.37. The van der Waals surface area contributed by atoms with E-state index in [4.69, 9.17) is 9.47 Å². The van der Waals surface area contributed by atoms with Gasteiger partial charge < -0.3 is 9.47 Å². The van der Waals surface area contributed by atoms with Crippen LogP contribution in [0.2, 0.25) is 0 Å². The molecule has 0 atom stereocenters. The van der Waals surface area contributed by atoms with E-state index in [1.807, 2.05) is 6.07 Å². The summed E-state index contributed by atoms with van der Waals surface area (Å²) >= 11 is 0. The first-order chi connectivity index (χ1) is 15.3. The van der Waals surface area contributed by atoms with Gasteiger partial charge in [0.1, 0.15) is 18.1 Å². The molecule has 1 heterocycles. The first-order valence-corrected chi connectivity index (χ1v) is 11.1. The van der Waals surface area contributed by atoms with Gasteiger partial charge in [-0.05, 0) is 34.9 Å². The molecule has 0 N–H and O–H groups in total. The fourth-order valence-corrected chi connectivity index (χ4v) is 4.09. The van der Waals surface area contributed by atoms with E-state index in [0.717, 1.165) is 63.8 Å². The van der Waals surface area contributed by atoms with Crippen molar-refractivity contribution in [3.8, 4) is 11.5 Å². The molecule has 31 heavy (non-hydrogen) atoms. The van der Waals surface area contributed by atoms with Crippen molar-refractivity contribution >= 4 is 0 Å². The zero-order valence-corrected chi connectivity index (χ0v) is 18.4. The summed E-state index contributed by atoms with van der Waals surface area (Å²) in [6.45, 7) is 7.00. The monoisotopic (exact) mass is 416 g/mol. The quantitative estimate of drug-likeness (QED) is 0.513. The van der Waals surface area contributed by atoms with E-state index in [9.17, 15) is 0 Å². The van der Waals surface area contributed by atoms with E-state index in [0.29, 0.717) is 0 Å².